The first-order valence-corrected chi connectivity index (χ1v) is 2.72. The lowest BCUT2D eigenvalue weighted by Crippen LogP contribution is -2.56. The fourth-order valence-corrected chi connectivity index (χ4v) is 0.387. The zero-order chi connectivity index (χ0) is 11.8. The SMILES string of the molecule is FOC(F)C(F)(F)C(F)(F)C(F)(F)F. The molecule has 0 radical (unpaired) electrons. The Balaban J connectivity index is 5.07. The van der Waals surface area contributed by atoms with Gasteiger partial charge in [0.05, 0.1) is 0 Å². The molecule has 0 saturated heterocycles. The van der Waals surface area contributed by atoms with Gasteiger partial charge >= 0.3 is 24.4 Å². The van der Waals surface area contributed by atoms with Crippen LogP contribution >= 0.6 is 0 Å². The quantitative estimate of drug-likeness (QED) is 0.684. The molecule has 86 valence electrons. The minimum absolute atomic E-state index is 1.60. The molecule has 1 nitrogen and oxygen atoms in total. The molecule has 0 bridgehead atoms. The van der Waals surface area contributed by atoms with E-state index in [-0.39, 0.29) is 0 Å². The lowest BCUT2D eigenvalue weighted by molar-refractivity contribution is -0.407. The second kappa shape index (κ2) is 3.48. The first-order valence-electron chi connectivity index (χ1n) is 2.72. The molecule has 14 heavy (non-hydrogen) atoms. The van der Waals surface area contributed by atoms with Crippen LogP contribution < -0.4 is 0 Å². The molecular weight excluding hydrogens is 235 g/mol. The molecule has 10 heteroatoms. The molecule has 1 unspecified atom stereocenters. The van der Waals surface area contributed by atoms with Gasteiger partial charge in [-0.1, -0.05) is 0 Å². The number of halogens is 9. The molecule has 0 heterocycles. The molecule has 0 amide bonds. The molecule has 0 aliphatic rings. The Kier molecular flexibility index (Phi) is 3.31. The highest BCUT2D eigenvalue weighted by Gasteiger charge is 2.77. The second-order valence-corrected chi connectivity index (χ2v) is 2.10. The lowest BCUT2D eigenvalue weighted by Gasteiger charge is -2.28. The van der Waals surface area contributed by atoms with Gasteiger partial charge in [-0.15, -0.1) is 4.94 Å². The van der Waals surface area contributed by atoms with E-state index >= 15 is 0 Å². The summed E-state index contributed by atoms with van der Waals surface area (Å²) in [5, 5.41) is 0. The maximum atomic E-state index is 11.9. The van der Waals surface area contributed by atoms with E-state index in [1.54, 1.807) is 4.94 Å². The standard InChI is InChI=1S/C4HF9O/c5-1(14-13)2(6,7)3(8,9)4(10,11)12/h1H. The maximum absolute atomic E-state index is 11.9. The van der Waals surface area contributed by atoms with E-state index in [2.05, 4.69) is 0 Å². The van der Waals surface area contributed by atoms with E-state index in [1.165, 1.54) is 0 Å². The van der Waals surface area contributed by atoms with Gasteiger partial charge in [-0.3, -0.25) is 0 Å². The monoisotopic (exact) mass is 236 g/mol. The van der Waals surface area contributed by atoms with Gasteiger partial charge in [0.15, 0.2) is 0 Å². The number of hydrogen-bond acceptors (Lipinski definition) is 1. The highest BCUT2D eigenvalue weighted by atomic mass is 19.4. The van der Waals surface area contributed by atoms with E-state index in [0.717, 1.165) is 0 Å². The summed E-state index contributed by atoms with van der Waals surface area (Å²) in [4.78, 5) is 1.60. The van der Waals surface area contributed by atoms with Gasteiger partial charge in [0, 0.05) is 0 Å². The molecule has 0 N–H and O–H groups in total. The van der Waals surface area contributed by atoms with Gasteiger partial charge in [-0.05, 0) is 4.53 Å². The molecule has 0 aromatic rings. The van der Waals surface area contributed by atoms with E-state index < -0.39 is 24.4 Å². The van der Waals surface area contributed by atoms with Crippen molar-refractivity contribution >= 4 is 0 Å². The summed E-state index contributed by atoms with van der Waals surface area (Å²) in [5.41, 5.74) is 0. The summed E-state index contributed by atoms with van der Waals surface area (Å²) in [5.74, 6) is -13.1. The summed E-state index contributed by atoms with van der Waals surface area (Å²) in [6.45, 7) is 0. The first kappa shape index (κ1) is 13.3. The van der Waals surface area contributed by atoms with Crippen molar-refractivity contribution in [3.05, 3.63) is 0 Å². The Labute approximate surface area is 70.3 Å². The fourth-order valence-electron chi connectivity index (χ4n) is 0.387. The largest absolute Gasteiger partial charge is 0.460 e. The molecule has 0 aromatic carbocycles. The van der Waals surface area contributed by atoms with Crippen molar-refractivity contribution in [1.82, 2.24) is 0 Å². The van der Waals surface area contributed by atoms with E-state index in [4.69, 9.17) is 0 Å². The first-order chi connectivity index (χ1) is 5.98. The zero-order valence-electron chi connectivity index (χ0n) is 5.89. The zero-order valence-corrected chi connectivity index (χ0v) is 5.89. The Bertz CT molecular complexity index is 195. The Morgan fingerprint density at radius 2 is 1.21 bits per heavy atom. The predicted molar refractivity (Wildman–Crippen MR) is 23.0 cm³/mol. The average Bonchev–Trinajstić information content (AvgIpc) is 2.00. The van der Waals surface area contributed by atoms with Crippen LogP contribution in [-0.4, -0.2) is 24.4 Å². The third-order valence-electron chi connectivity index (χ3n) is 1.14. The summed E-state index contributed by atoms with van der Waals surface area (Å²) in [7, 11) is 0. The number of alkyl halides is 8. The van der Waals surface area contributed by atoms with Gasteiger partial charge in [0.25, 0.3) is 0 Å². The Morgan fingerprint density at radius 3 is 1.43 bits per heavy atom. The molecule has 1 atom stereocenters. The van der Waals surface area contributed by atoms with Crippen LogP contribution in [0.5, 0.6) is 0 Å². The molecule has 0 saturated carbocycles. The smallest absolute Gasteiger partial charge is 0.205 e. The normalized spacial score (nSPS) is 16.9. The van der Waals surface area contributed by atoms with Crippen molar-refractivity contribution in [3.8, 4) is 0 Å². The fraction of sp³-hybridized carbons (Fsp3) is 1.00. The van der Waals surface area contributed by atoms with Gasteiger partial charge in [0.2, 0.25) is 0 Å². The van der Waals surface area contributed by atoms with E-state index in [0.29, 0.717) is 0 Å². The topological polar surface area (TPSA) is 9.23 Å². The lowest BCUT2D eigenvalue weighted by atomic mass is 10.1. The predicted octanol–water partition coefficient (Wildman–Crippen LogP) is 3.02. The minimum Gasteiger partial charge on any atom is -0.205 e. The van der Waals surface area contributed by atoms with Gasteiger partial charge < -0.3 is 0 Å². The van der Waals surface area contributed by atoms with Gasteiger partial charge in [-0.2, -0.15) is 30.7 Å². The van der Waals surface area contributed by atoms with Gasteiger partial charge in [0.1, 0.15) is 0 Å². The minimum atomic E-state index is -6.72. The van der Waals surface area contributed by atoms with Crippen LogP contribution in [0, 0.1) is 0 Å². The summed E-state index contributed by atoms with van der Waals surface area (Å²) >= 11 is 0. The Hall–Kier alpha value is -0.670. The van der Waals surface area contributed by atoms with Crippen molar-refractivity contribution in [3.63, 3.8) is 0 Å². The van der Waals surface area contributed by atoms with Crippen molar-refractivity contribution in [2.24, 2.45) is 0 Å². The van der Waals surface area contributed by atoms with Gasteiger partial charge in [-0.25, -0.2) is 4.39 Å². The molecule has 0 fully saturated rings. The maximum Gasteiger partial charge on any atom is 0.460 e. The second-order valence-electron chi connectivity index (χ2n) is 2.10. The van der Waals surface area contributed by atoms with Crippen LogP contribution in [-0.2, 0) is 4.94 Å². The van der Waals surface area contributed by atoms with Crippen molar-refractivity contribution in [2.75, 3.05) is 0 Å². The molecule has 0 aromatic heterocycles. The highest BCUT2D eigenvalue weighted by Crippen LogP contribution is 2.48. The molecule has 0 spiro atoms. The van der Waals surface area contributed by atoms with Crippen LogP contribution in [0.1, 0.15) is 0 Å². The van der Waals surface area contributed by atoms with Crippen molar-refractivity contribution in [1.29, 1.82) is 0 Å². The van der Waals surface area contributed by atoms with Crippen LogP contribution in [0.15, 0.2) is 0 Å². The van der Waals surface area contributed by atoms with Crippen LogP contribution in [0.2, 0.25) is 0 Å². The molecule has 0 aliphatic carbocycles. The van der Waals surface area contributed by atoms with E-state index in [1.807, 2.05) is 0 Å². The molecule has 0 rings (SSSR count). The third kappa shape index (κ3) is 1.88. The highest BCUT2D eigenvalue weighted by molar-refractivity contribution is 4.92. The molecular formula is C4HF9O. The summed E-state index contributed by atoms with van der Waals surface area (Å²) in [6.07, 6.45) is -11.4. The van der Waals surface area contributed by atoms with Crippen LogP contribution in [0.4, 0.5) is 39.6 Å². The Morgan fingerprint density at radius 1 is 0.857 bits per heavy atom. The number of hydrogen-bond donors (Lipinski definition) is 0. The third-order valence-corrected chi connectivity index (χ3v) is 1.14. The number of rotatable bonds is 3. The summed E-state index contributed by atoms with van der Waals surface area (Å²) in [6, 6.07) is 0. The molecule has 0 aliphatic heterocycles. The van der Waals surface area contributed by atoms with Crippen LogP contribution in [0.25, 0.3) is 0 Å². The van der Waals surface area contributed by atoms with Crippen molar-refractivity contribution < 1.29 is 44.6 Å². The average molecular weight is 236 g/mol. The van der Waals surface area contributed by atoms with E-state index in [9.17, 15) is 39.6 Å². The van der Waals surface area contributed by atoms with Crippen molar-refractivity contribution in [2.45, 2.75) is 24.4 Å². The summed E-state index contributed by atoms with van der Waals surface area (Å²) < 4.78 is 103. The van der Waals surface area contributed by atoms with Crippen LogP contribution in [0.3, 0.4) is 0 Å².